The van der Waals surface area contributed by atoms with Gasteiger partial charge in [-0.25, -0.2) is 8.78 Å². The molecule has 9 heteroatoms. The zero-order valence-corrected chi connectivity index (χ0v) is 8.11. The average Bonchev–Trinajstić information content (AvgIpc) is 2.15. The van der Waals surface area contributed by atoms with Crippen LogP contribution in [-0.4, -0.2) is 41.4 Å². The van der Waals surface area contributed by atoms with Crippen molar-refractivity contribution in [1.82, 2.24) is 0 Å². The van der Waals surface area contributed by atoms with Gasteiger partial charge in [0.05, 0.1) is 0 Å². The predicted octanol–water partition coefficient (Wildman–Crippen LogP) is 2.20. The van der Waals surface area contributed by atoms with E-state index in [-0.39, 0.29) is 6.42 Å². The Balaban J connectivity index is 0. The molecule has 0 aromatic heterocycles. The average molecular weight is 260 g/mol. The molecule has 0 aromatic rings. The van der Waals surface area contributed by atoms with Crippen molar-refractivity contribution in [1.29, 1.82) is 0 Å². The van der Waals surface area contributed by atoms with E-state index >= 15 is 0 Å². The van der Waals surface area contributed by atoms with Crippen LogP contribution in [0.25, 0.3) is 0 Å². The Morgan fingerprint density at radius 2 is 1.44 bits per heavy atom. The number of aliphatic hydroxyl groups excluding tert-OH is 2. The number of alkyl halides is 7. The zero-order valence-electron chi connectivity index (χ0n) is 8.11. The first-order chi connectivity index (χ1) is 6.99. The highest BCUT2D eigenvalue weighted by molar-refractivity contribution is 4.65. The van der Waals surface area contributed by atoms with Crippen LogP contribution in [0, 0.1) is 0 Å². The lowest BCUT2D eigenvalue weighted by atomic mass is 10.3. The normalized spacial score (nSPS) is 14.4. The predicted molar refractivity (Wildman–Crippen MR) is 40.4 cm³/mol. The van der Waals surface area contributed by atoms with Crippen molar-refractivity contribution in [3.8, 4) is 0 Å². The van der Waals surface area contributed by atoms with Gasteiger partial charge in [0.15, 0.2) is 0 Å². The highest BCUT2D eigenvalue weighted by atomic mass is 19.4. The van der Waals surface area contributed by atoms with Crippen molar-refractivity contribution < 1.29 is 40.9 Å². The van der Waals surface area contributed by atoms with Gasteiger partial charge in [-0.3, -0.25) is 0 Å². The molecule has 0 saturated heterocycles. The fraction of sp³-hybridized carbons (Fsp3) is 1.00. The van der Waals surface area contributed by atoms with E-state index in [9.17, 15) is 30.7 Å². The molecular formula is C7H11F7O2. The summed E-state index contributed by atoms with van der Waals surface area (Å²) in [5.41, 5.74) is 0. The third-order valence-corrected chi connectivity index (χ3v) is 1.29. The van der Waals surface area contributed by atoms with E-state index in [4.69, 9.17) is 10.2 Å². The molecule has 1 unspecified atom stereocenters. The van der Waals surface area contributed by atoms with E-state index in [1.54, 1.807) is 0 Å². The van der Waals surface area contributed by atoms with E-state index in [0.29, 0.717) is 0 Å². The fourth-order valence-corrected chi connectivity index (χ4v) is 0.300. The summed E-state index contributed by atoms with van der Waals surface area (Å²) in [4.78, 5) is 0. The van der Waals surface area contributed by atoms with Crippen molar-refractivity contribution in [2.24, 2.45) is 0 Å². The summed E-state index contributed by atoms with van der Waals surface area (Å²) in [6.45, 7) is -0.525. The van der Waals surface area contributed by atoms with Crippen molar-refractivity contribution in [3.63, 3.8) is 0 Å². The van der Waals surface area contributed by atoms with Crippen LogP contribution in [0.4, 0.5) is 30.7 Å². The van der Waals surface area contributed by atoms with E-state index in [2.05, 4.69) is 0 Å². The second-order valence-corrected chi connectivity index (χ2v) is 2.69. The number of rotatable bonds is 3. The number of hydrogen-bond donors (Lipinski definition) is 2. The lowest BCUT2D eigenvalue weighted by Crippen LogP contribution is -2.30. The minimum Gasteiger partial charge on any atom is -0.390 e. The maximum atomic E-state index is 11.3. The quantitative estimate of drug-likeness (QED) is 0.764. The minimum atomic E-state index is -4.44. The Kier molecular flexibility index (Phi) is 7.68. The largest absolute Gasteiger partial charge is 0.414 e. The molecule has 0 bridgehead atoms. The molecule has 0 spiro atoms. The Bertz CT molecular complexity index is 180. The molecule has 0 radical (unpaired) electrons. The van der Waals surface area contributed by atoms with Gasteiger partial charge < -0.3 is 10.2 Å². The molecule has 16 heavy (non-hydrogen) atoms. The third-order valence-electron chi connectivity index (χ3n) is 1.29. The van der Waals surface area contributed by atoms with Gasteiger partial charge in [0, 0.05) is 0 Å². The van der Waals surface area contributed by atoms with Gasteiger partial charge in [-0.2, -0.15) is 22.0 Å². The first-order valence-electron chi connectivity index (χ1n) is 4.00. The second kappa shape index (κ2) is 6.89. The number of aliphatic hydroxyl groups is 2. The van der Waals surface area contributed by atoms with Crippen molar-refractivity contribution in [3.05, 3.63) is 0 Å². The summed E-state index contributed by atoms with van der Waals surface area (Å²) in [5, 5.41) is 15.6. The standard InChI is InChI=1S/C4H7F3O.C3H4F4O/c1-2-3(8)4(5,6)7;4-2(5)3(6,7)1-8/h3,8H,2H2,1H3;2,8H,1H2. The van der Waals surface area contributed by atoms with Crippen molar-refractivity contribution in [2.45, 2.75) is 38.0 Å². The van der Waals surface area contributed by atoms with Gasteiger partial charge in [-0.15, -0.1) is 0 Å². The number of halogens is 7. The van der Waals surface area contributed by atoms with Gasteiger partial charge in [-0.05, 0) is 6.42 Å². The van der Waals surface area contributed by atoms with Crippen molar-refractivity contribution >= 4 is 0 Å². The smallest absolute Gasteiger partial charge is 0.390 e. The molecule has 0 aromatic carbocycles. The monoisotopic (exact) mass is 260 g/mol. The van der Waals surface area contributed by atoms with Crippen LogP contribution in [0.15, 0.2) is 0 Å². The molecule has 100 valence electrons. The maximum Gasteiger partial charge on any atom is 0.414 e. The van der Waals surface area contributed by atoms with E-state index in [1.165, 1.54) is 6.92 Å². The van der Waals surface area contributed by atoms with Gasteiger partial charge in [0.1, 0.15) is 12.7 Å². The molecule has 0 amide bonds. The second-order valence-electron chi connectivity index (χ2n) is 2.69. The van der Waals surface area contributed by atoms with Crippen LogP contribution in [0.2, 0.25) is 0 Å². The Labute approximate surface area is 86.7 Å². The first-order valence-corrected chi connectivity index (χ1v) is 4.00. The molecule has 2 nitrogen and oxygen atoms in total. The topological polar surface area (TPSA) is 40.5 Å². The summed E-state index contributed by atoms with van der Waals surface area (Å²) in [7, 11) is 0. The van der Waals surface area contributed by atoms with Crippen LogP contribution >= 0.6 is 0 Å². The van der Waals surface area contributed by atoms with Crippen LogP contribution in [0.5, 0.6) is 0 Å². The van der Waals surface area contributed by atoms with E-state index in [0.717, 1.165) is 0 Å². The van der Waals surface area contributed by atoms with Crippen LogP contribution in [0.3, 0.4) is 0 Å². The zero-order chi connectivity index (χ0) is 13.6. The Hall–Kier alpha value is -0.570. The molecular weight excluding hydrogens is 249 g/mol. The van der Waals surface area contributed by atoms with Crippen molar-refractivity contribution in [2.75, 3.05) is 6.61 Å². The SMILES string of the molecule is CCC(O)C(F)(F)F.OCC(F)(F)C(F)F. The highest BCUT2D eigenvalue weighted by Crippen LogP contribution is 2.21. The summed E-state index contributed by atoms with van der Waals surface area (Å²) < 4.78 is 78.0. The highest BCUT2D eigenvalue weighted by Gasteiger charge is 2.39. The molecule has 2 N–H and O–H groups in total. The van der Waals surface area contributed by atoms with E-state index in [1.807, 2.05) is 0 Å². The fourth-order valence-electron chi connectivity index (χ4n) is 0.300. The van der Waals surface area contributed by atoms with Gasteiger partial charge in [0.2, 0.25) is 0 Å². The van der Waals surface area contributed by atoms with Crippen LogP contribution in [0.1, 0.15) is 13.3 Å². The van der Waals surface area contributed by atoms with E-state index < -0.39 is 31.2 Å². The molecule has 1 atom stereocenters. The Morgan fingerprint density at radius 3 is 1.44 bits per heavy atom. The molecule has 0 aliphatic heterocycles. The minimum absolute atomic E-state index is 0.274. The van der Waals surface area contributed by atoms with Gasteiger partial charge in [0.25, 0.3) is 0 Å². The Morgan fingerprint density at radius 1 is 1.06 bits per heavy atom. The third kappa shape index (κ3) is 7.69. The lowest BCUT2D eigenvalue weighted by Gasteiger charge is -2.10. The van der Waals surface area contributed by atoms with Crippen LogP contribution in [-0.2, 0) is 0 Å². The molecule has 0 saturated carbocycles. The van der Waals surface area contributed by atoms with Gasteiger partial charge >= 0.3 is 18.5 Å². The van der Waals surface area contributed by atoms with Crippen LogP contribution < -0.4 is 0 Å². The molecule has 0 aliphatic rings. The maximum absolute atomic E-state index is 11.3. The summed E-state index contributed by atoms with van der Waals surface area (Å²) in [5.74, 6) is -4.24. The molecule has 0 rings (SSSR count). The number of hydrogen-bond acceptors (Lipinski definition) is 2. The first kappa shape index (κ1) is 17.8. The molecule has 0 aliphatic carbocycles. The molecule has 0 fully saturated rings. The molecule has 0 heterocycles. The summed E-state index contributed by atoms with van der Waals surface area (Å²) >= 11 is 0. The summed E-state index contributed by atoms with van der Waals surface area (Å²) in [6, 6.07) is 0. The lowest BCUT2D eigenvalue weighted by molar-refractivity contribution is -0.204. The summed E-state index contributed by atoms with van der Waals surface area (Å²) in [6.07, 6.45) is -10.6. The van der Waals surface area contributed by atoms with Gasteiger partial charge in [-0.1, -0.05) is 6.92 Å².